The zero-order chi connectivity index (χ0) is 11.6. The number of imidazole rings is 1. The van der Waals surface area contributed by atoms with Gasteiger partial charge in [0.1, 0.15) is 0 Å². The molecule has 1 aromatic heterocycles. The highest BCUT2D eigenvalue weighted by atomic mass is 15.1. The van der Waals surface area contributed by atoms with Crippen LogP contribution in [0.4, 0.5) is 0 Å². The highest BCUT2D eigenvalue weighted by molar-refractivity contribution is 5.04. The summed E-state index contributed by atoms with van der Waals surface area (Å²) in [5, 5.41) is 7.51. The first-order chi connectivity index (χ1) is 8.36. The van der Waals surface area contributed by atoms with Crippen LogP contribution >= 0.6 is 0 Å². The lowest BCUT2D eigenvalue weighted by Gasteiger charge is -2.45. The van der Waals surface area contributed by atoms with Crippen LogP contribution in [0.2, 0.25) is 0 Å². The molecule has 0 radical (unpaired) electrons. The SMILES string of the molecule is c1ncc(C[C@H]2CNCC3(CCCCC3)N2)[nH]1. The van der Waals surface area contributed by atoms with Gasteiger partial charge < -0.3 is 15.6 Å². The van der Waals surface area contributed by atoms with E-state index >= 15 is 0 Å². The van der Waals surface area contributed by atoms with Gasteiger partial charge >= 0.3 is 0 Å². The lowest BCUT2D eigenvalue weighted by molar-refractivity contribution is 0.165. The van der Waals surface area contributed by atoms with Gasteiger partial charge in [0.25, 0.3) is 0 Å². The van der Waals surface area contributed by atoms with Gasteiger partial charge in [0.05, 0.1) is 6.33 Å². The van der Waals surface area contributed by atoms with Gasteiger partial charge in [-0.3, -0.25) is 0 Å². The van der Waals surface area contributed by atoms with E-state index in [0.29, 0.717) is 11.6 Å². The first kappa shape index (κ1) is 11.2. The van der Waals surface area contributed by atoms with E-state index in [1.165, 1.54) is 37.8 Å². The van der Waals surface area contributed by atoms with Crippen molar-refractivity contribution >= 4 is 0 Å². The Labute approximate surface area is 103 Å². The van der Waals surface area contributed by atoms with Crippen LogP contribution in [0, 0.1) is 0 Å². The molecular formula is C13H22N4. The Morgan fingerprint density at radius 2 is 2.18 bits per heavy atom. The van der Waals surface area contributed by atoms with Crippen LogP contribution in [0.1, 0.15) is 37.8 Å². The van der Waals surface area contributed by atoms with Crippen molar-refractivity contribution in [1.82, 2.24) is 20.6 Å². The molecule has 3 rings (SSSR count). The molecule has 2 heterocycles. The van der Waals surface area contributed by atoms with E-state index in [1.54, 1.807) is 6.33 Å². The maximum Gasteiger partial charge on any atom is 0.0921 e. The second-order valence-electron chi connectivity index (χ2n) is 5.59. The van der Waals surface area contributed by atoms with Crippen molar-refractivity contribution in [3.63, 3.8) is 0 Å². The van der Waals surface area contributed by atoms with E-state index in [2.05, 4.69) is 20.6 Å². The van der Waals surface area contributed by atoms with Gasteiger partial charge in [-0.2, -0.15) is 0 Å². The van der Waals surface area contributed by atoms with Crippen LogP contribution in [0.15, 0.2) is 12.5 Å². The Morgan fingerprint density at radius 1 is 1.29 bits per heavy atom. The summed E-state index contributed by atoms with van der Waals surface area (Å²) in [5.41, 5.74) is 1.61. The largest absolute Gasteiger partial charge is 0.348 e. The first-order valence-corrected chi connectivity index (χ1v) is 6.82. The van der Waals surface area contributed by atoms with Gasteiger partial charge in [-0.1, -0.05) is 19.3 Å². The third-order valence-electron chi connectivity index (χ3n) is 4.20. The summed E-state index contributed by atoms with van der Waals surface area (Å²) >= 11 is 0. The smallest absolute Gasteiger partial charge is 0.0921 e. The molecule has 4 heteroatoms. The molecule has 0 bridgehead atoms. The van der Waals surface area contributed by atoms with Crippen LogP contribution in [0.3, 0.4) is 0 Å². The average molecular weight is 234 g/mol. The molecule has 1 spiro atoms. The maximum atomic E-state index is 4.09. The summed E-state index contributed by atoms with van der Waals surface area (Å²) in [6.45, 7) is 2.22. The molecule has 4 nitrogen and oxygen atoms in total. The Kier molecular flexibility index (Phi) is 3.16. The summed E-state index contributed by atoms with van der Waals surface area (Å²) in [5.74, 6) is 0. The van der Waals surface area contributed by atoms with E-state index in [9.17, 15) is 0 Å². The van der Waals surface area contributed by atoms with E-state index < -0.39 is 0 Å². The Morgan fingerprint density at radius 3 is 2.94 bits per heavy atom. The number of hydrogen-bond acceptors (Lipinski definition) is 3. The predicted molar refractivity (Wildman–Crippen MR) is 67.9 cm³/mol. The summed E-state index contributed by atoms with van der Waals surface area (Å²) < 4.78 is 0. The lowest BCUT2D eigenvalue weighted by Crippen LogP contribution is -2.64. The van der Waals surface area contributed by atoms with Crippen molar-refractivity contribution in [3.8, 4) is 0 Å². The first-order valence-electron chi connectivity index (χ1n) is 6.82. The minimum absolute atomic E-state index is 0.376. The summed E-state index contributed by atoms with van der Waals surface area (Å²) in [6, 6.07) is 0.544. The molecule has 1 aliphatic heterocycles. The van der Waals surface area contributed by atoms with Gasteiger partial charge in [0.15, 0.2) is 0 Å². The molecule has 2 fully saturated rings. The highest BCUT2D eigenvalue weighted by Gasteiger charge is 2.36. The van der Waals surface area contributed by atoms with Crippen molar-refractivity contribution in [3.05, 3.63) is 18.2 Å². The van der Waals surface area contributed by atoms with Crippen LogP contribution in [-0.4, -0.2) is 34.6 Å². The number of nitrogens with zero attached hydrogens (tertiary/aromatic N) is 1. The number of rotatable bonds is 2. The molecule has 17 heavy (non-hydrogen) atoms. The molecule has 0 amide bonds. The van der Waals surface area contributed by atoms with Crippen molar-refractivity contribution in [1.29, 1.82) is 0 Å². The number of H-pyrrole nitrogens is 1. The zero-order valence-corrected chi connectivity index (χ0v) is 10.3. The molecule has 0 aromatic carbocycles. The van der Waals surface area contributed by atoms with Gasteiger partial charge in [-0.15, -0.1) is 0 Å². The standard InChI is InChI=1S/C13H22N4/c1-2-4-13(5-3-1)9-14-8-12(17-13)6-11-7-15-10-16-11/h7,10,12,14,17H,1-6,8-9H2,(H,15,16)/t12-/m0/s1. The molecule has 1 atom stereocenters. The molecule has 3 N–H and O–H groups in total. The normalized spacial score (nSPS) is 28.4. The van der Waals surface area contributed by atoms with Gasteiger partial charge in [-0.05, 0) is 12.8 Å². The lowest BCUT2D eigenvalue weighted by atomic mass is 9.79. The third kappa shape index (κ3) is 2.53. The fraction of sp³-hybridized carbons (Fsp3) is 0.769. The third-order valence-corrected chi connectivity index (χ3v) is 4.20. The van der Waals surface area contributed by atoms with Crippen LogP contribution < -0.4 is 10.6 Å². The summed E-state index contributed by atoms with van der Waals surface area (Å²) in [7, 11) is 0. The number of nitrogens with one attached hydrogen (secondary N) is 3. The number of aromatic nitrogens is 2. The Bertz CT molecular complexity index is 335. The number of piperazine rings is 1. The Hall–Kier alpha value is -0.870. The Balaban J connectivity index is 1.62. The fourth-order valence-corrected chi connectivity index (χ4v) is 3.36. The maximum absolute atomic E-state index is 4.09. The quantitative estimate of drug-likeness (QED) is 0.721. The molecule has 1 aliphatic carbocycles. The minimum atomic E-state index is 0.376. The van der Waals surface area contributed by atoms with Crippen molar-refractivity contribution < 1.29 is 0 Å². The van der Waals surface area contributed by atoms with Gasteiger partial charge in [0, 0.05) is 43.0 Å². The fourth-order valence-electron chi connectivity index (χ4n) is 3.36. The average Bonchev–Trinajstić information content (AvgIpc) is 2.83. The molecule has 94 valence electrons. The van der Waals surface area contributed by atoms with Crippen molar-refractivity contribution in [2.24, 2.45) is 0 Å². The second kappa shape index (κ2) is 4.78. The van der Waals surface area contributed by atoms with E-state index in [-0.39, 0.29) is 0 Å². The molecule has 1 saturated carbocycles. The highest BCUT2D eigenvalue weighted by Crippen LogP contribution is 2.29. The molecule has 2 aliphatic rings. The van der Waals surface area contributed by atoms with Crippen LogP contribution in [0.5, 0.6) is 0 Å². The van der Waals surface area contributed by atoms with E-state index in [4.69, 9.17) is 0 Å². The summed E-state index contributed by atoms with van der Waals surface area (Å²) in [6.07, 6.45) is 11.6. The van der Waals surface area contributed by atoms with Crippen molar-refractivity contribution in [2.75, 3.05) is 13.1 Å². The van der Waals surface area contributed by atoms with Crippen LogP contribution in [-0.2, 0) is 6.42 Å². The topological polar surface area (TPSA) is 52.7 Å². The monoisotopic (exact) mass is 234 g/mol. The molecule has 0 unspecified atom stereocenters. The van der Waals surface area contributed by atoms with Crippen molar-refractivity contribution in [2.45, 2.75) is 50.1 Å². The van der Waals surface area contributed by atoms with E-state index in [0.717, 1.165) is 19.5 Å². The molecule has 1 saturated heterocycles. The van der Waals surface area contributed by atoms with Gasteiger partial charge in [-0.25, -0.2) is 4.98 Å². The number of aromatic amines is 1. The zero-order valence-electron chi connectivity index (χ0n) is 10.3. The van der Waals surface area contributed by atoms with Crippen LogP contribution in [0.25, 0.3) is 0 Å². The summed E-state index contributed by atoms with van der Waals surface area (Å²) in [4.78, 5) is 7.28. The van der Waals surface area contributed by atoms with Gasteiger partial charge in [0.2, 0.25) is 0 Å². The second-order valence-corrected chi connectivity index (χ2v) is 5.59. The minimum Gasteiger partial charge on any atom is -0.348 e. The molecular weight excluding hydrogens is 212 g/mol. The predicted octanol–water partition coefficient (Wildman–Crippen LogP) is 1.22. The van der Waals surface area contributed by atoms with E-state index in [1.807, 2.05) is 6.20 Å². The molecule has 1 aromatic rings. The number of hydrogen-bond donors (Lipinski definition) is 3.